The van der Waals surface area contributed by atoms with Gasteiger partial charge in [-0.15, -0.1) is 0 Å². The van der Waals surface area contributed by atoms with E-state index in [-0.39, 0.29) is 25.9 Å². The molecule has 0 aliphatic rings. The maximum Gasteiger partial charge on any atom is 0.472 e. The summed E-state index contributed by atoms with van der Waals surface area (Å²) >= 11 is 0. The lowest BCUT2D eigenvalue weighted by Gasteiger charge is -2.21. The Morgan fingerprint density at radius 3 is 1.17 bits per heavy atom. The molecule has 0 saturated carbocycles. The van der Waals surface area contributed by atoms with E-state index in [1.54, 1.807) is 0 Å². The van der Waals surface area contributed by atoms with Gasteiger partial charge in [0.25, 0.3) is 0 Å². The van der Waals surface area contributed by atoms with E-state index in [2.05, 4.69) is 81.5 Å². The van der Waals surface area contributed by atoms with Crippen molar-refractivity contribution >= 4 is 25.7 Å². The van der Waals surface area contributed by atoms with Crippen molar-refractivity contribution in [2.75, 3.05) is 26.4 Å². The summed E-state index contributed by atoms with van der Waals surface area (Å²) in [5.41, 5.74) is 0. The molecular weight excluding hydrogens is 904 g/mol. The first kappa shape index (κ1) is 67.2. The van der Waals surface area contributed by atoms with Crippen molar-refractivity contribution < 1.29 is 52.2 Å². The maximum absolute atomic E-state index is 12.9. The second-order valence-corrected chi connectivity index (χ2v) is 20.2. The summed E-state index contributed by atoms with van der Waals surface area (Å²) in [4.78, 5) is 48.4. The number of unbranched alkanes of at least 4 members (excludes halogenated alkanes) is 25. The van der Waals surface area contributed by atoms with Gasteiger partial charge in [-0.25, -0.2) is 4.57 Å². The summed E-state index contributed by atoms with van der Waals surface area (Å²) in [5.74, 6) is -1.48. The van der Waals surface area contributed by atoms with Crippen molar-refractivity contribution in [2.45, 2.75) is 264 Å². The molecule has 0 bridgehead atoms. The van der Waals surface area contributed by atoms with Gasteiger partial charge in [0.05, 0.1) is 19.8 Å². The van der Waals surface area contributed by atoms with Crippen molar-refractivity contribution in [3.05, 3.63) is 60.8 Å². The quantitative estimate of drug-likeness (QED) is 0.0197. The lowest BCUT2D eigenvalue weighted by Crippen LogP contribution is -2.30. The number of phosphoric ester groups is 1. The van der Waals surface area contributed by atoms with Gasteiger partial charge in [-0.3, -0.25) is 23.4 Å². The molecule has 0 aliphatic carbocycles. The normalized spacial score (nSPS) is 13.8. The summed E-state index contributed by atoms with van der Waals surface area (Å²) in [6.07, 6.45) is 56.1. The van der Waals surface area contributed by atoms with E-state index < -0.39 is 57.8 Å². The van der Waals surface area contributed by atoms with Crippen LogP contribution in [0.5, 0.6) is 0 Å². The van der Waals surface area contributed by atoms with Crippen LogP contribution in [0.1, 0.15) is 252 Å². The zero-order chi connectivity index (χ0) is 51.3. The molecule has 0 radical (unpaired) electrons. The van der Waals surface area contributed by atoms with E-state index in [1.807, 2.05) is 0 Å². The average Bonchev–Trinajstić information content (AvgIpc) is 3.35. The van der Waals surface area contributed by atoms with Crippen LogP contribution in [0.25, 0.3) is 0 Å². The molecule has 3 unspecified atom stereocenters. The van der Waals surface area contributed by atoms with Crippen LogP contribution in [0.15, 0.2) is 60.8 Å². The highest BCUT2D eigenvalue weighted by Gasteiger charge is 2.28. The molecule has 2 N–H and O–H groups in total. The molecule has 0 heterocycles. The molecule has 11 nitrogen and oxygen atoms in total. The van der Waals surface area contributed by atoms with Crippen LogP contribution >= 0.6 is 7.82 Å². The van der Waals surface area contributed by atoms with Gasteiger partial charge >= 0.3 is 25.7 Å². The van der Waals surface area contributed by atoms with Crippen molar-refractivity contribution in [1.29, 1.82) is 0 Å². The van der Waals surface area contributed by atoms with Crippen molar-refractivity contribution in [3.63, 3.8) is 0 Å². The molecule has 0 spiro atoms. The molecule has 0 aromatic carbocycles. The van der Waals surface area contributed by atoms with Gasteiger partial charge in [-0.2, -0.15) is 0 Å². The standard InChI is InChI=1S/C58H103O11P/c1-4-7-10-13-16-19-21-23-25-27-29-31-33-36-38-41-44-47-56(60)65-51-55(69-58(62)49-46-43-40-37-34-32-30-28-26-24-22-20-17-14-11-8-5-2)53-67-70(63,64)66-52-54(50-59)68-57(61)48-45-42-39-35-18-15-12-9-6-3/h8,11,16-17,19-20,23-26,54-55,59H,4-7,9-10,12-15,18,21-22,27-53H2,1-3H3,(H,63,64)/b11-8-,19-16-,20-17-,25-23-,26-24-. The number of phosphoric acid groups is 1. The van der Waals surface area contributed by atoms with E-state index in [9.17, 15) is 28.9 Å². The minimum atomic E-state index is -4.74. The Hall–Kier alpha value is -2.82. The third-order valence-corrected chi connectivity index (χ3v) is 12.9. The zero-order valence-electron chi connectivity index (χ0n) is 44.7. The van der Waals surface area contributed by atoms with Crippen LogP contribution in [-0.4, -0.2) is 66.5 Å². The predicted molar refractivity (Wildman–Crippen MR) is 288 cm³/mol. The zero-order valence-corrected chi connectivity index (χ0v) is 45.6. The van der Waals surface area contributed by atoms with Crippen LogP contribution in [-0.2, 0) is 42.2 Å². The van der Waals surface area contributed by atoms with Gasteiger partial charge in [-0.1, -0.05) is 210 Å². The first-order valence-corrected chi connectivity index (χ1v) is 29.7. The molecule has 12 heteroatoms. The monoisotopic (exact) mass is 1010 g/mol. The molecule has 0 amide bonds. The number of carbonyl (C=O) groups is 3. The maximum atomic E-state index is 12.9. The first-order valence-electron chi connectivity index (χ1n) is 28.2. The molecule has 3 atom stereocenters. The molecule has 0 aromatic rings. The Morgan fingerprint density at radius 2 is 0.743 bits per heavy atom. The van der Waals surface area contributed by atoms with Crippen molar-refractivity contribution in [3.8, 4) is 0 Å². The molecule has 0 aromatic heterocycles. The van der Waals surface area contributed by atoms with Crippen molar-refractivity contribution in [2.24, 2.45) is 0 Å². The van der Waals surface area contributed by atoms with Gasteiger partial charge < -0.3 is 24.2 Å². The summed E-state index contributed by atoms with van der Waals surface area (Å²) in [5, 5.41) is 9.77. The highest BCUT2D eigenvalue weighted by atomic mass is 31.2. The van der Waals surface area contributed by atoms with Gasteiger partial charge in [0.2, 0.25) is 0 Å². The highest BCUT2D eigenvalue weighted by molar-refractivity contribution is 7.47. The van der Waals surface area contributed by atoms with Crippen LogP contribution in [0.4, 0.5) is 0 Å². The summed E-state index contributed by atoms with van der Waals surface area (Å²) in [6.45, 7) is 4.48. The summed E-state index contributed by atoms with van der Waals surface area (Å²) in [7, 11) is -4.74. The Kier molecular flexibility index (Phi) is 50.4. The van der Waals surface area contributed by atoms with Crippen molar-refractivity contribution in [1.82, 2.24) is 0 Å². The van der Waals surface area contributed by atoms with Crippen LogP contribution in [0.3, 0.4) is 0 Å². The molecule has 0 rings (SSSR count). The number of esters is 3. The second kappa shape index (κ2) is 52.5. The predicted octanol–water partition coefficient (Wildman–Crippen LogP) is 16.4. The van der Waals surface area contributed by atoms with E-state index in [0.29, 0.717) is 19.3 Å². The van der Waals surface area contributed by atoms with E-state index in [1.165, 1.54) is 83.5 Å². The molecule has 0 fully saturated rings. The summed E-state index contributed by atoms with van der Waals surface area (Å²) < 4.78 is 39.4. The number of aliphatic hydroxyl groups excluding tert-OH is 1. The molecular formula is C58H103O11P. The van der Waals surface area contributed by atoms with Gasteiger partial charge in [-0.05, 0) is 83.5 Å². The SMILES string of the molecule is CC/C=C\C/C=C\C/C=C\CCCCCCCCCC(=O)OC(COC(=O)CCCCCCCCC/C=C\C/C=C\CCCCC)COP(=O)(O)OCC(CO)OC(=O)CCCCCCCCCCC. The molecule has 70 heavy (non-hydrogen) atoms. The lowest BCUT2D eigenvalue weighted by molar-refractivity contribution is -0.161. The Balaban J connectivity index is 4.74. The van der Waals surface area contributed by atoms with Crippen LogP contribution in [0, 0.1) is 0 Å². The number of allylic oxidation sites excluding steroid dienone is 10. The summed E-state index contributed by atoms with van der Waals surface area (Å²) in [6, 6.07) is 0. The second-order valence-electron chi connectivity index (χ2n) is 18.7. The van der Waals surface area contributed by atoms with E-state index >= 15 is 0 Å². The third-order valence-electron chi connectivity index (χ3n) is 11.9. The van der Waals surface area contributed by atoms with Gasteiger partial charge in [0.1, 0.15) is 12.7 Å². The number of rotatable bonds is 52. The molecule has 0 aliphatic heterocycles. The average molecular weight is 1010 g/mol. The molecule has 0 saturated heterocycles. The largest absolute Gasteiger partial charge is 0.472 e. The highest BCUT2D eigenvalue weighted by Crippen LogP contribution is 2.43. The van der Waals surface area contributed by atoms with Gasteiger partial charge in [0, 0.05) is 19.3 Å². The number of aliphatic hydroxyl groups is 1. The fraction of sp³-hybridized carbons (Fsp3) is 0.776. The number of carbonyl (C=O) groups excluding carboxylic acids is 3. The minimum Gasteiger partial charge on any atom is -0.462 e. The fourth-order valence-corrected chi connectivity index (χ4v) is 8.42. The topological polar surface area (TPSA) is 155 Å². The van der Waals surface area contributed by atoms with Crippen LogP contribution in [0.2, 0.25) is 0 Å². The fourth-order valence-electron chi connectivity index (χ4n) is 7.64. The Morgan fingerprint density at radius 1 is 0.414 bits per heavy atom. The van der Waals surface area contributed by atoms with E-state index in [0.717, 1.165) is 109 Å². The number of ether oxygens (including phenoxy) is 3. The number of hydrogen-bond acceptors (Lipinski definition) is 10. The molecule has 406 valence electrons. The Bertz CT molecular complexity index is 1410. The third kappa shape index (κ3) is 50.1. The first-order chi connectivity index (χ1) is 34.2. The van der Waals surface area contributed by atoms with Gasteiger partial charge in [0.15, 0.2) is 6.10 Å². The Labute approximate surface area is 427 Å². The van der Waals surface area contributed by atoms with E-state index in [4.69, 9.17) is 23.3 Å². The van der Waals surface area contributed by atoms with Crippen LogP contribution < -0.4 is 0 Å². The smallest absolute Gasteiger partial charge is 0.462 e. The number of hydrogen-bond donors (Lipinski definition) is 2. The minimum absolute atomic E-state index is 0.155. The lowest BCUT2D eigenvalue weighted by atomic mass is 10.1.